The average Bonchev–Trinajstić information content (AvgIpc) is 2.41. The van der Waals surface area contributed by atoms with Gasteiger partial charge in [0, 0.05) is 12.6 Å². The molecular weight excluding hydrogens is 222 g/mol. The lowest BCUT2D eigenvalue weighted by molar-refractivity contribution is -0.0866. The molecule has 2 aliphatic rings. The maximum Gasteiger partial charge on any atom is 0.0832 e. The van der Waals surface area contributed by atoms with E-state index in [1.807, 2.05) is 0 Å². The van der Waals surface area contributed by atoms with E-state index >= 15 is 0 Å². The van der Waals surface area contributed by atoms with Crippen molar-refractivity contribution in [1.82, 2.24) is 0 Å². The second-order valence-electron chi connectivity index (χ2n) is 6.40. The van der Waals surface area contributed by atoms with Gasteiger partial charge in [0.2, 0.25) is 0 Å². The fourth-order valence-corrected chi connectivity index (χ4v) is 4.06. The summed E-state index contributed by atoms with van der Waals surface area (Å²) in [6.07, 6.45) is 14.6. The van der Waals surface area contributed by atoms with Crippen molar-refractivity contribution in [2.45, 2.75) is 89.2 Å². The van der Waals surface area contributed by atoms with Crippen molar-refractivity contribution < 1.29 is 4.74 Å². The summed E-state index contributed by atoms with van der Waals surface area (Å²) < 4.78 is 6.15. The van der Waals surface area contributed by atoms with Crippen molar-refractivity contribution >= 4 is 0 Å². The van der Waals surface area contributed by atoms with Gasteiger partial charge >= 0.3 is 0 Å². The number of rotatable bonds is 5. The van der Waals surface area contributed by atoms with Crippen molar-refractivity contribution in [1.29, 1.82) is 0 Å². The van der Waals surface area contributed by atoms with Crippen LogP contribution < -0.4 is 5.73 Å². The summed E-state index contributed by atoms with van der Waals surface area (Å²) in [7, 11) is 0. The molecule has 0 aromatic rings. The number of hydrogen-bond acceptors (Lipinski definition) is 2. The summed E-state index contributed by atoms with van der Waals surface area (Å²) in [6.45, 7) is 2.93. The van der Waals surface area contributed by atoms with Gasteiger partial charge in [-0.3, -0.25) is 0 Å². The number of hydrogen-bond donors (Lipinski definition) is 1. The van der Waals surface area contributed by atoms with E-state index in [9.17, 15) is 0 Å². The molecule has 2 N–H and O–H groups in total. The largest absolute Gasteiger partial charge is 0.374 e. The Morgan fingerprint density at radius 1 is 1.06 bits per heavy atom. The topological polar surface area (TPSA) is 35.2 Å². The predicted octanol–water partition coefficient (Wildman–Crippen LogP) is 4.02. The van der Waals surface area contributed by atoms with Crippen LogP contribution in [0.15, 0.2) is 0 Å². The Bertz CT molecular complexity index is 224. The second kappa shape index (κ2) is 6.91. The SMILES string of the molecule is CCOC1(C(N)CC2CCCCC2)CCCCC1. The number of ether oxygens (including phenoxy) is 1. The quantitative estimate of drug-likeness (QED) is 0.803. The maximum absolute atomic E-state index is 6.58. The molecule has 1 unspecified atom stereocenters. The Balaban J connectivity index is 1.91. The Labute approximate surface area is 113 Å². The highest BCUT2D eigenvalue weighted by Crippen LogP contribution is 2.38. The zero-order valence-electron chi connectivity index (χ0n) is 12.1. The molecule has 18 heavy (non-hydrogen) atoms. The molecule has 2 nitrogen and oxygen atoms in total. The van der Waals surface area contributed by atoms with E-state index in [0.717, 1.165) is 12.5 Å². The standard InChI is InChI=1S/C16H31NO/c1-2-18-16(11-7-4-8-12-16)15(17)13-14-9-5-3-6-10-14/h14-15H,2-13,17H2,1H3. The van der Waals surface area contributed by atoms with Crippen LogP contribution in [0.3, 0.4) is 0 Å². The third-order valence-electron chi connectivity index (χ3n) is 5.12. The van der Waals surface area contributed by atoms with Crippen molar-refractivity contribution in [2.75, 3.05) is 6.61 Å². The normalized spacial score (nSPS) is 27.0. The first-order valence-electron chi connectivity index (χ1n) is 8.16. The number of nitrogens with two attached hydrogens (primary N) is 1. The molecule has 0 bridgehead atoms. The molecular formula is C16H31NO. The van der Waals surface area contributed by atoms with E-state index in [-0.39, 0.29) is 11.6 Å². The molecule has 1 atom stereocenters. The first kappa shape index (κ1) is 14.3. The van der Waals surface area contributed by atoms with Gasteiger partial charge in [0.25, 0.3) is 0 Å². The lowest BCUT2D eigenvalue weighted by atomic mass is 9.74. The zero-order chi connectivity index (χ0) is 12.8. The van der Waals surface area contributed by atoms with Gasteiger partial charge in [-0.25, -0.2) is 0 Å². The van der Waals surface area contributed by atoms with E-state index in [2.05, 4.69) is 6.92 Å². The van der Waals surface area contributed by atoms with Gasteiger partial charge in [-0.1, -0.05) is 51.4 Å². The molecule has 2 aliphatic carbocycles. The molecule has 0 aromatic carbocycles. The predicted molar refractivity (Wildman–Crippen MR) is 76.6 cm³/mol. The van der Waals surface area contributed by atoms with Crippen LogP contribution in [0.5, 0.6) is 0 Å². The molecule has 2 saturated carbocycles. The molecule has 2 heteroatoms. The van der Waals surface area contributed by atoms with Crippen LogP contribution in [0.2, 0.25) is 0 Å². The van der Waals surface area contributed by atoms with Crippen molar-refractivity contribution in [3.8, 4) is 0 Å². The fourth-order valence-electron chi connectivity index (χ4n) is 4.06. The lowest BCUT2D eigenvalue weighted by Gasteiger charge is -2.43. The van der Waals surface area contributed by atoms with E-state index in [1.165, 1.54) is 70.6 Å². The minimum absolute atomic E-state index is 0.0183. The highest BCUT2D eigenvalue weighted by Gasteiger charge is 2.39. The van der Waals surface area contributed by atoms with E-state index in [0.29, 0.717) is 0 Å². The van der Waals surface area contributed by atoms with Crippen LogP contribution in [0.4, 0.5) is 0 Å². The second-order valence-corrected chi connectivity index (χ2v) is 6.40. The van der Waals surface area contributed by atoms with Crippen LogP contribution in [-0.4, -0.2) is 18.2 Å². The van der Waals surface area contributed by atoms with Gasteiger partial charge in [-0.15, -0.1) is 0 Å². The summed E-state index contributed by atoms with van der Waals surface area (Å²) >= 11 is 0. The molecule has 0 heterocycles. The molecule has 2 rings (SSSR count). The Kier molecular flexibility index (Phi) is 5.50. The average molecular weight is 253 g/mol. The third kappa shape index (κ3) is 3.48. The van der Waals surface area contributed by atoms with Gasteiger partial charge in [0.1, 0.15) is 0 Å². The van der Waals surface area contributed by atoms with Crippen LogP contribution in [-0.2, 0) is 4.74 Å². The monoisotopic (exact) mass is 253 g/mol. The summed E-state index contributed by atoms with van der Waals surface area (Å²) in [5.41, 5.74) is 6.59. The molecule has 0 aliphatic heterocycles. The first-order valence-corrected chi connectivity index (χ1v) is 8.16. The molecule has 0 spiro atoms. The van der Waals surface area contributed by atoms with Crippen LogP contribution in [0, 0.1) is 5.92 Å². The molecule has 106 valence electrons. The summed E-state index contributed by atoms with van der Waals surface area (Å²) in [4.78, 5) is 0. The minimum atomic E-state index is 0.0183. The third-order valence-corrected chi connectivity index (χ3v) is 5.12. The van der Waals surface area contributed by atoms with Gasteiger partial charge < -0.3 is 10.5 Å². The zero-order valence-corrected chi connectivity index (χ0v) is 12.1. The minimum Gasteiger partial charge on any atom is -0.374 e. The molecule has 2 fully saturated rings. The summed E-state index contributed by atoms with van der Waals surface area (Å²) in [5.74, 6) is 0.869. The Morgan fingerprint density at radius 2 is 1.67 bits per heavy atom. The van der Waals surface area contributed by atoms with E-state index < -0.39 is 0 Å². The van der Waals surface area contributed by atoms with Crippen molar-refractivity contribution in [2.24, 2.45) is 11.7 Å². The smallest absolute Gasteiger partial charge is 0.0832 e. The van der Waals surface area contributed by atoms with E-state index in [1.54, 1.807) is 0 Å². The molecule has 0 saturated heterocycles. The van der Waals surface area contributed by atoms with Crippen molar-refractivity contribution in [3.05, 3.63) is 0 Å². The summed E-state index contributed by atoms with van der Waals surface area (Å²) in [5, 5.41) is 0. The molecule has 0 aromatic heterocycles. The van der Waals surface area contributed by atoms with Crippen molar-refractivity contribution in [3.63, 3.8) is 0 Å². The highest BCUT2D eigenvalue weighted by atomic mass is 16.5. The van der Waals surface area contributed by atoms with Gasteiger partial charge in [0.15, 0.2) is 0 Å². The van der Waals surface area contributed by atoms with Crippen LogP contribution in [0.25, 0.3) is 0 Å². The van der Waals surface area contributed by atoms with Gasteiger partial charge in [-0.2, -0.15) is 0 Å². The first-order chi connectivity index (χ1) is 8.77. The molecule has 0 amide bonds. The fraction of sp³-hybridized carbons (Fsp3) is 1.00. The summed E-state index contributed by atoms with van der Waals surface area (Å²) in [6, 6.07) is 0.265. The Morgan fingerprint density at radius 3 is 2.28 bits per heavy atom. The van der Waals surface area contributed by atoms with Gasteiger partial charge in [0.05, 0.1) is 5.60 Å². The van der Waals surface area contributed by atoms with Crippen LogP contribution in [0.1, 0.15) is 77.6 Å². The highest BCUT2D eigenvalue weighted by molar-refractivity contribution is 4.95. The maximum atomic E-state index is 6.58. The van der Waals surface area contributed by atoms with E-state index in [4.69, 9.17) is 10.5 Å². The molecule has 0 radical (unpaired) electrons. The van der Waals surface area contributed by atoms with Gasteiger partial charge in [-0.05, 0) is 32.1 Å². The van der Waals surface area contributed by atoms with Crippen LogP contribution >= 0.6 is 0 Å². The Hall–Kier alpha value is -0.0800. The lowest BCUT2D eigenvalue weighted by Crippen LogP contribution is -2.52.